The number of benzene rings is 1. The van der Waals surface area contributed by atoms with Crippen LogP contribution in [-0.2, 0) is 17.8 Å². The molecule has 2 aromatic rings. The summed E-state index contributed by atoms with van der Waals surface area (Å²) in [6, 6.07) is 10.1. The SMILES string of the molecule is Cc1ncc(CO)c(C2CCCN(C(=O)CCc3ccccc3)C2)n1. The van der Waals surface area contributed by atoms with E-state index in [1.807, 2.05) is 30.0 Å². The Morgan fingerprint density at radius 1 is 1.32 bits per heavy atom. The smallest absolute Gasteiger partial charge is 0.222 e. The number of hydrogen-bond donors (Lipinski definition) is 1. The average molecular weight is 339 g/mol. The van der Waals surface area contributed by atoms with E-state index in [4.69, 9.17) is 0 Å². The molecule has 1 aliphatic rings. The predicted molar refractivity (Wildman–Crippen MR) is 96.0 cm³/mol. The zero-order valence-corrected chi connectivity index (χ0v) is 14.7. The minimum absolute atomic E-state index is 0.0614. The van der Waals surface area contributed by atoms with Gasteiger partial charge in [0.15, 0.2) is 0 Å². The van der Waals surface area contributed by atoms with Crippen LogP contribution in [0.3, 0.4) is 0 Å². The molecule has 0 spiro atoms. The third-order valence-corrected chi connectivity index (χ3v) is 4.82. The van der Waals surface area contributed by atoms with Crippen molar-refractivity contribution in [2.75, 3.05) is 13.1 Å². The minimum atomic E-state index is -0.0614. The Kier molecular flexibility index (Phi) is 5.76. The molecule has 5 nitrogen and oxygen atoms in total. The lowest BCUT2D eigenvalue weighted by molar-refractivity contribution is -0.132. The molecule has 1 fully saturated rings. The molecule has 2 heterocycles. The first kappa shape index (κ1) is 17.5. The van der Waals surface area contributed by atoms with E-state index in [1.54, 1.807) is 6.20 Å². The van der Waals surface area contributed by atoms with Crippen LogP contribution in [0.2, 0.25) is 0 Å². The van der Waals surface area contributed by atoms with Gasteiger partial charge in [-0.3, -0.25) is 4.79 Å². The van der Waals surface area contributed by atoms with Gasteiger partial charge in [0.25, 0.3) is 0 Å². The summed E-state index contributed by atoms with van der Waals surface area (Å²) in [7, 11) is 0. The fraction of sp³-hybridized carbons (Fsp3) is 0.450. The molecular formula is C20H25N3O2. The number of rotatable bonds is 5. The zero-order chi connectivity index (χ0) is 17.6. The number of aryl methyl sites for hydroxylation is 2. The number of hydrogen-bond acceptors (Lipinski definition) is 4. The molecular weight excluding hydrogens is 314 g/mol. The molecule has 1 amide bonds. The Bertz CT molecular complexity index is 718. The van der Waals surface area contributed by atoms with Crippen LogP contribution in [0.1, 0.15) is 47.8 Å². The van der Waals surface area contributed by atoms with E-state index in [9.17, 15) is 9.90 Å². The molecule has 132 valence electrons. The summed E-state index contributed by atoms with van der Waals surface area (Å²) in [5, 5.41) is 9.56. The van der Waals surface area contributed by atoms with Crippen molar-refractivity contribution in [1.82, 2.24) is 14.9 Å². The molecule has 1 N–H and O–H groups in total. The molecule has 0 aliphatic carbocycles. The van der Waals surface area contributed by atoms with Gasteiger partial charge in [-0.05, 0) is 31.7 Å². The third-order valence-electron chi connectivity index (χ3n) is 4.82. The summed E-state index contributed by atoms with van der Waals surface area (Å²) in [5.74, 6) is 1.09. The molecule has 1 aliphatic heterocycles. The summed E-state index contributed by atoms with van der Waals surface area (Å²) in [6.45, 7) is 3.28. The number of aromatic nitrogens is 2. The first-order valence-electron chi connectivity index (χ1n) is 8.92. The largest absolute Gasteiger partial charge is 0.392 e. The lowest BCUT2D eigenvalue weighted by atomic mass is 9.91. The molecule has 0 bridgehead atoms. The Balaban J connectivity index is 1.64. The molecule has 1 atom stereocenters. The normalized spacial score (nSPS) is 17.5. The molecule has 25 heavy (non-hydrogen) atoms. The van der Waals surface area contributed by atoms with Crippen LogP contribution in [0.4, 0.5) is 0 Å². The van der Waals surface area contributed by atoms with Gasteiger partial charge in [-0.25, -0.2) is 9.97 Å². The van der Waals surface area contributed by atoms with Crippen molar-refractivity contribution in [3.63, 3.8) is 0 Å². The summed E-state index contributed by atoms with van der Waals surface area (Å²) < 4.78 is 0. The van der Waals surface area contributed by atoms with Gasteiger partial charge in [0.1, 0.15) is 5.82 Å². The van der Waals surface area contributed by atoms with Crippen molar-refractivity contribution in [2.45, 2.75) is 45.1 Å². The number of carbonyl (C=O) groups is 1. The fourth-order valence-corrected chi connectivity index (χ4v) is 3.47. The van der Waals surface area contributed by atoms with Crippen molar-refractivity contribution in [3.8, 4) is 0 Å². The molecule has 3 rings (SSSR count). The predicted octanol–water partition coefficient (Wildman–Crippen LogP) is 2.62. The van der Waals surface area contributed by atoms with Crippen molar-refractivity contribution >= 4 is 5.91 Å². The first-order valence-corrected chi connectivity index (χ1v) is 8.92. The van der Waals surface area contributed by atoms with Gasteiger partial charge in [0, 0.05) is 37.2 Å². The zero-order valence-electron chi connectivity index (χ0n) is 14.7. The number of piperidine rings is 1. The molecule has 1 saturated heterocycles. The number of carbonyl (C=O) groups excluding carboxylic acids is 1. The molecule has 0 saturated carbocycles. The van der Waals surface area contributed by atoms with E-state index in [-0.39, 0.29) is 18.4 Å². The lowest BCUT2D eigenvalue weighted by Gasteiger charge is -2.33. The van der Waals surface area contributed by atoms with Gasteiger partial charge in [0.05, 0.1) is 12.3 Å². The standard InChI is InChI=1S/C20H25N3O2/c1-15-21-12-18(14-24)20(22-15)17-8-5-11-23(13-17)19(25)10-9-16-6-3-2-4-7-16/h2-4,6-7,12,17,24H,5,8-11,13-14H2,1H3. The van der Waals surface area contributed by atoms with Crippen molar-refractivity contribution in [2.24, 2.45) is 0 Å². The number of likely N-dealkylation sites (tertiary alicyclic amines) is 1. The molecule has 0 radical (unpaired) electrons. The van der Waals surface area contributed by atoms with E-state index in [2.05, 4.69) is 22.1 Å². The van der Waals surface area contributed by atoms with Gasteiger partial charge in [-0.1, -0.05) is 30.3 Å². The second-order valence-electron chi connectivity index (χ2n) is 6.65. The molecule has 1 unspecified atom stereocenters. The lowest BCUT2D eigenvalue weighted by Crippen LogP contribution is -2.39. The van der Waals surface area contributed by atoms with Crippen LogP contribution in [0, 0.1) is 6.92 Å². The van der Waals surface area contributed by atoms with E-state index in [1.165, 1.54) is 5.56 Å². The maximum Gasteiger partial charge on any atom is 0.222 e. The highest BCUT2D eigenvalue weighted by atomic mass is 16.3. The van der Waals surface area contributed by atoms with Crippen molar-refractivity contribution in [1.29, 1.82) is 0 Å². The summed E-state index contributed by atoms with van der Waals surface area (Å²) in [5.41, 5.74) is 2.86. The van der Waals surface area contributed by atoms with Crippen LogP contribution >= 0.6 is 0 Å². The van der Waals surface area contributed by atoms with Crippen LogP contribution < -0.4 is 0 Å². The molecule has 5 heteroatoms. The Morgan fingerprint density at radius 3 is 2.88 bits per heavy atom. The van der Waals surface area contributed by atoms with Gasteiger partial charge < -0.3 is 10.0 Å². The van der Waals surface area contributed by atoms with Gasteiger partial charge in [-0.2, -0.15) is 0 Å². The van der Waals surface area contributed by atoms with E-state index in [0.717, 1.165) is 37.1 Å². The number of amides is 1. The number of aliphatic hydroxyl groups excluding tert-OH is 1. The maximum atomic E-state index is 12.6. The highest BCUT2D eigenvalue weighted by Gasteiger charge is 2.27. The van der Waals surface area contributed by atoms with Crippen LogP contribution in [-0.4, -0.2) is 39.0 Å². The van der Waals surface area contributed by atoms with Crippen molar-refractivity contribution in [3.05, 3.63) is 59.2 Å². The van der Waals surface area contributed by atoms with Gasteiger partial charge in [0.2, 0.25) is 5.91 Å². The van der Waals surface area contributed by atoms with Crippen LogP contribution in [0.25, 0.3) is 0 Å². The second kappa shape index (κ2) is 8.21. The molecule has 1 aromatic heterocycles. The van der Waals surface area contributed by atoms with E-state index < -0.39 is 0 Å². The topological polar surface area (TPSA) is 66.3 Å². The monoisotopic (exact) mass is 339 g/mol. The third kappa shape index (κ3) is 4.42. The Morgan fingerprint density at radius 2 is 2.12 bits per heavy atom. The highest BCUT2D eigenvalue weighted by Crippen LogP contribution is 2.28. The Labute approximate surface area is 148 Å². The number of aliphatic hydroxyl groups is 1. The average Bonchev–Trinajstić information content (AvgIpc) is 2.67. The Hall–Kier alpha value is -2.27. The summed E-state index contributed by atoms with van der Waals surface area (Å²) in [6.07, 6.45) is 4.97. The second-order valence-corrected chi connectivity index (χ2v) is 6.65. The quantitative estimate of drug-likeness (QED) is 0.909. The summed E-state index contributed by atoms with van der Waals surface area (Å²) >= 11 is 0. The molecule has 1 aromatic carbocycles. The number of nitrogens with zero attached hydrogens (tertiary/aromatic N) is 3. The van der Waals surface area contributed by atoms with E-state index >= 15 is 0 Å². The maximum absolute atomic E-state index is 12.6. The fourth-order valence-electron chi connectivity index (χ4n) is 3.47. The minimum Gasteiger partial charge on any atom is -0.392 e. The van der Waals surface area contributed by atoms with Crippen molar-refractivity contribution < 1.29 is 9.90 Å². The summed E-state index contributed by atoms with van der Waals surface area (Å²) in [4.78, 5) is 23.3. The van der Waals surface area contributed by atoms with Crippen LogP contribution in [0.5, 0.6) is 0 Å². The van der Waals surface area contributed by atoms with Gasteiger partial charge in [-0.15, -0.1) is 0 Å². The highest BCUT2D eigenvalue weighted by molar-refractivity contribution is 5.76. The van der Waals surface area contributed by atoms with Gasteiger partial charge >= 0.3 is 0 Å². The first-order chi connectivity index (χ1) is 12.2. The van der Waals surface area contributed by atoms with E-state index in [0.29, 0.717) is 18.8 Å². The van der Waals surface area contributed by atoms with Crippen LogP contribution in [0.15, 0.2) is 36.5 Å².